The van der Waals surface area contributed by atoms with E-state index in [2.05, 4.69) is 30.6 Å². The van der Waals surface area contributed by atoms with Crippen molar-refractivity contribution < 1.29 is 17.9 Å². The fraction of sp³-hybridized carbons (Fsp3) is 0.111. The summed E-state index contributed by atoms with van der Waals surface area (Å²) in [6.45, 7) is 0. The summed E-state index contributed by atoms with van der Waals surface area (Å²) in [5.41, 5.74) is 4.85. The molecule has 0 aliphatic carbocycles. The highest BCUT2D eigenvalue weighted by molar-refractivity contribution is 9.10. The van der Waals surface area contributed by atoms with Crippen LogP contribution in [0.4, 0.5) is 19.1 Å². The predicted molar refractivity (Wildman–Crippen MR) is 61.2 cm³/mol. The van der Waals surface area contributed by atoms with Gasteiger partial charge in [-0.3, -0.25) is 9.78 Å². The fourth-order valence-electron chi connectivity index (χ4n) is 1.39. The summed E-state index contributed by atoms with van der Waals surface area (Å²) < 4.78 is 40.1. The molecule has 18 heavy (non-hydrogen) atoms. The summed E-state index contributed by atoms with van der Waals surface area (Å²) in [7, 11) is 0. The van der Waals surface area contributed by atoms with E-state index in [0.29, 0.717) is 0 Å². The number of aromatic amines is 1. The van der Waals surface area contributed by atoms with Gasteiger partial charge in [-0.1, -0.05) is 0 Å². The molecular weight excluding hydrogens is 319 g/mol. The van der Waals surface area contributed by atoms with Crippen LogP contribution in [-0.4, -0.2) is 16.3 Å². The molecule has 0 saturated carbocycles. The topological polar surface area (TPSA) is 81.0 Å². The maximum atomic E-state index is 12.1. The van der Waals surface area contributed by atoms with Gasteiger partial charge < -0.3 is 10.5 Å². The Hall–Kier alpha value is -1.77. The van der Waals surface area contributed by atoms with E-state index in [1.165, 1.54) is 0 Å². The van der Waals surface area contributed by atoms with Crippen LogP contribution in [0.15, 0.2) is 21.4 Å². The maximum absolute atomic E-state index is 12.1. The Morgan fingerprint density at radius 1 is 1.39 bits per heavy atom. The summed E-state index contributed by atoms with van der Waals surface area (Å²) in [5, 5.41) is -0.0576. The fourth-order valence-corrected chi connectivity index (χ4v) is 1.91. The van der Waals surface area contributed by atoms with E-state index in [-0.39, 0.29) is 21.3 Å². The van der Waals surface area contributed by atoms with E-state index in [4.69, 9.17) is 5.73 Å². The van der Waals surface area contributed by atoms with Gasteiger partial charge in [0.15, 0.2) is 0 Å². The number of nitrogens with one attached hydrogen (secondary N) is 1. The molecular formula is C9H5BrF3N3O2. The summed E-state index contributed by atoms with van der Waals surface area (Å²) in [6.07, 6.45) is -4.83. The molecule has 1 aromatic heterocycles. The minimum absolute atomic E-state index is 0.0576. The first kappa shape index (κ1) is 12.7. The Kier molecular flexibility index (Phi) is 2.93. The van der Waals surface area contributed by atoms with E-state index in [1.807, 2.05) is 0 Å². The van der Waals surface area contributed by atoms with Gasteiger partial charge >= 0.3 is 6.36 Å². The van der Waals surface area contributed by atoms with Crippen LogP contribution in [0.25, 0.3) is 10.9 Å². The molecule has 0 spiro atoms. The number of anilines is 1. The van der Waals surface area contributed by atoms with Gasteiger partial charge in [0.05, 0.1) is 10.9 Å². The average Bonchev–Trinajstić information content (AvgIpc) is 2.17. The van der Waals surface area contributed by atoms with Gasteiger partial charge in [-0.05, 0) is 28.1 Å². The van der Waals surface area contributed by atoms with E-state index < -0.39 is 17.7 Å². The molecule has 2 aromatic rings. The molecule has 0 saturated heterocycles. The third-order valence-corrected chi connectivity index (χ3v) is 2.59. The third kappa shape index (κ3) is 2.55. The number of aromatic nitrogens is 2. The number of nitrogens with zero attached hydrogens (tertiary/aromatic N) is 1. The number of halogens is 4. The highest BCUT2D eigenvalue weighted by Crippen LogP contribution is 2.30. The lowest BCUT2D eigenvalue weighted by Crippen LogP contribution is -2.18. The number of ether oxygens (including phenoxy) is 1. The molecule has 0 fully saturated rings. The van der Waals surface area contributed by atoms with Crippen molar-refractivity contribution in [3.8, 4) is 5.75 Å². The highest BCUT2D eigenvalue weighted by Gasteiger charge is 2.31. The maximum Gasteiger partial charge on any atom is 0.573 e. The summed E-state index contributed by atoms with van der Waals surface area (Å²) in [4.78, 5) is 17.5. The number of fused-ring (bicyclic) bond motifs is 1. The minimum Gasteiger partial charge on any atom is -0.406 e. The summed E-state index contributed by atoms with van der Waals surface area (Å²) in [5.74, 6) is -0.642. The third-order valence-electron chi connectivity index (χ3n) is 1.99. The first-order valence-corrected chi connectivity index (χ1v) is 5.30. The molecule has 0 radical (unpaired) electrons. The van der Waals surface area contributed by atoms with Crippen LogP contribution in [0.3, 0.4) is 0 Å². The van der Waals surface area contributed by atoms with Gasteiger partial charge in [-0.2, -0.15) is 0 Å². The van der Waals surface area contributed by atoms with Crippen LogP contribution < -0.4 is 16.0 Å². The molecule has 0 unspecified atom stereocenters. The quantitative estimate of drug-likeness (QED) is 0.842. The number of hydrogen-bond acceptors (Lipinski definition) is 4. The van der Waals surface area contributed by atoms with Crippen molar-refractivity contribution in [3.63, 3.8) is 0 Å². The number of nitrogens with two attached hydrogens (primary N) is 1. The molecule has 2 rings (SSSR count). The van der Waals surface area contributed by atoms with Crippen LogP contribution >= 0.6 is 15.9 Å². The SMILES string of the molecule is Nc1nc2c(Br)cc(OC(F)(F)F)cc2c(=O)[nH]1. The Bertz CT molecular complexity index is 668. The van der Waals surface area contributed by atoms with Gasteiger partial charge in [0, 0.05) is 4.47 Å². The molecule has 9 heteroatoms. The second-order valence-corrected chi connectivity index (χ2v) is 4.15. The molecule has 0 bridgehead atoms. The molecule has 96 valence electrons. The molecule has 0 amide bonds. The van der Waals surface area contributed by atoms with Crippen LogP contribution in [-0.2, 0) is 0 Å². The van der Waals surface area contributed by atoms with Crippen molar-refractivity contribution in [1.82, 2.24) is 9.97 Å². The zero-order chi connectivity index (χ0) is 13.5. The van der Waals surface area contributed by atoms with Crippen molar-refractivity contribution in [2.45, 2.75) is 6.36 Å². The van der Waals surface area contributed by atoms with Gasteiger partial charge in [-0.25, -0.2) is 4.98 Å². The summed E-state index contributed by atoms with van der Waals surface area (Å²) in [6, 6.07) is 2.00. The van der Waals surface area contributed by atoms with Gasteiger partial charge in [-0.15, -0.1) is 13.2 Å². The van der Waals surface area contributed by atoms with Gasteiger partial charge in [0.1, 0.15) is 5.75 Å². The zero-order valence-electron chi connectivity index (χ0n) is 8.51. The van der Waals surface area contributed by atoms with Crippen LogP contribution in [0.5, 0.6) is 5.75 Å². The lowest BCUT2D eigenvalue weighted by Gasteiger charge is -2.10. The number of rotatable bonds is 1. The number of H-pyrrole nitrogens is 1. The van der Waals surface area contributed by atoms with E-state index >= 15 is 0 Å². The standard InChI is InChI=1S/C9H5BrF3N3O2/c10-5-2-3(18-9(11,12)13)1-4-6(5)15-8(14)16-7(4)17/h1-2H,(H3,14,15,16,17). The Labute approximate surface area is 106 Å². The first-order chi connectivity index (χ1) is 8.26. The lowest BCUT2D eigenvalue weighted by atomic mass is 10.2. The van der Waals surface area contributed by atoms with E-state index in [1.54, 1.807) is 0 Å². The lowest BCUT2D eigenvalue weighted by molar-refractivity contribution is -0.274. The molecule has 5 nitrogen and oxygen atoms in total. The van der Waals surface area contributed by atoms with Crippen molar-refractivity contribution in [2.75, 3.05) is 5.73 Å². The van der Waals surface area contributed by atoms with Crippen LogP contribution in [0, 0.1) is 0 Å². The first-order valence-electron chi connectivity index (χ1n) is 4.51. The Morgan fingerprint density at radius 2 is 2.06 bits per heavy atom. The molecule has 0 atom stereocenters. The van der Waals surface area contributed by atoms with Gasteiger partial charge in [0.2, 0.25) is 5.95 Å². The number of hydrogen-bond donors (Lipinski definition) is 2. The van der Waals surface area contributed by atoms with Crippen LogP contribution in [0.2, 0.25) is 0 Å². The monoisotopic (exact) mass is 323 g/mol. The van der Waals surface area contributed by atoms with Crippen molar-refractivity contribution in [2.24, 2.45) is 0 Å². The second-order valence-electron chi connectivity index (χ2n) is 3.30. The molecule has 1 aromatic carbocycles. The van der Waals surface area contributed by atoms with E-state index in [0.717, 1.165) is 12.1 Å². The number of nitrogen functional groups attached to an aromatic ring is 1. The zero-order valence-corrected chi connectivity index (χ0v) is 10.1. The molecule has 0 aliphatic rings. The Balaban J connectivity index is 2.66. The molecule has 0 aliphatic heterocycles. The number of alkyl halides is 3. The van der Waals surface area contributed by atoms with E-state index in [9.17, 15) is 18.0 Å². The average molecular weight is 324 g/mol. The normalized spacial score (nSPS) is 11.8. The Morgan fingerprint density at radius 3 is 2.67 bits per heavy atom. The summed E-state index contributed by atoms with van der Waals surface area (Å²) >= 11 is 3.01. The smallest absolute Gasteiger partial charge is 0.406 e. The molecule has 1 heterocycles. The molecule has 3 N–H and O–H groups in total. The number of benzene rings is 1. The van der Waals surface area contributed by atoms with Gasteiger partial charge in [0.25, 0.3) is 5.56 Å². The van der Waals surface area contributed by atoms with Crippen molar-refractivity contribution >= 4 is 32.8 Å². The van der Waals surface area contributed by atoms with Crippen LogP contribution in [0.1, 0.15) is 0 Å². The highest BCUT2D eigenvalue weighted by atomic mass is 79.9. The predicted octanol–water partition coefficient (Wildman–Crippen LogP) is 2.17. The second kappa shape index (κ2) is 4.16. The van der Waals surface area contributed by atoms with Crippen molar-refractivity contribution in [1.29, 1.82) is 0 Å². The largest absolute Gasteiger partial charge is 0.573 e. The van der Waals surface area contributed by atoms with Crippen molar-refractivity contribution in [3.05, 3.63) is 27.0 Å². The minimum atomic E-state index is -4.83.